The van der Waals surface area contributed by atoms with Gasteiger partial charge in [0.1, 0.15) is 0 Å². The molecule has 2 aromatic carbocycles. The number of anilines is 1. The van der Waals surface area contributed by atoms with Gasteiger partial charge in [-0.3, -0.25) is 14.4 Å². The van der Waals surface area contributed by atoms with Gasteiger partial charge in [0.15, 0.2) is 0 Å². The molecule has 0 radical (unpaired) electrons. The van der Waals surface area contributed by atoms with Crippen molar-refractivity contribution in [2.75, 3.05) is 25.0 Å². The molecule has 0 bridgehead atoms. The average molecular weight is 381 g/mol. The standard InChI is InChI=1S/C22H27N3O3/c1-16(2)14-25(22(28)18-9-5-4-6-10-18)15-21(27)23-13-20(26)24-19-11-7-8-17(3)12-19/h4-12,16H,13-15H2,1-3H3,(H,23,27)(H,24,26). The van der Waals surface area contributed by atoms with Crippen LogP contribution in [0.1, 0.15) is 29.8 Å². The number of hydrogen-bond donors (Lipinski definition) is 2. The SMILES string of the molecule is Cc1cccc(NC(=O)CNC(=O)CN(CC(C)C)C(=O)c2ccccc2)c1. The summed E-state index contributed by atoms with van der Waals surface area (Å²) in [6.45, 7) is 6.11. The van der Waals surface area contributed by atoms with E-state index in [2.05, 4.69) is 10.6 Å². The number of rotatable bonds is 8. The molecule has 2 N–H and O–H groups in total. The van der Waals surface area contributed by atoms with Crippen molar-refractivity contribution in [3.63, 3.8) is 0 Å². The molecular weight excluding hydrogens is 354 g/mol. The van der Waals surface area contributed by atoms with E-state index in [1.54, 1.807) is 30.3 Å². The van der Waals surface area contributed by atoms with Crippen LogP contribution in [0.25, 0.3) is 0 Å². The van der Waals surface area contributed by atoms with Crippen molar-refractivity contribution in [1.29, 1.82) is 0 Å². The number of aryl methyl sites for hydroxylation is 1. The minimum Gasteiger partial charge on any atom is -0.345 e. The molecule has 0 aliphatic carbocycles. The van der Waals surface area contributed by atoms with Crippen LogP contribution < -0.4 is 10.6 Å². The van der Waals surface area contributed by atoms with Gasteiger partial charge in [-0.15, -0.1) is 0 Å². The van der Waals surface area contributed by atoms with E-state index in [9.17, 15) is 14.4 Å². The third-order valence-corrected chi connectivity index (χ3v) is 3.98. The van der Waals surface area contributed by atoms with E-state index in [0.29, 0.717) is 17.8 Å². The molecule has 0 aromatic heterocycles. The Morgan fingerprint density at radius 3 is 2.32 bits per heavy atom. The second kappa shape index (κ2) is 10.3. The van der Waals surface area contributed by atoms with Gasteiger partial charge in [0, 0.05) is 17.8 Å². The maximum Gasteiger partial charge on any atom is 0.254 e. The van der Waals surface area contributed by atoms with E-state index in [1.807, 2.05) is 45.0 Å². The molecular formula is C22H27N3O3. The lowest BCUT2D eigenvalue weighted by Crippen LogP contribution is -2.44. The highest BCUT2D eigenvalue weighted by Gasteiger charge is 2.20. The normalized spacial score (nSPS) is 10.4. The number of carbonyl (C=O) groups excluding carboxylic acids is 3. The summed E-state index contributed by atoms with van der Waals surface area (Å²) in [6, 6.07) is 16.3. The Kier molecular flexibility index (Phi) is 7.75. The first-order chi connectivity index (χ1) is 13.3. The average Bonchev–Trinajstić information content (AvgIpc) is 2.65. The molecule has 0 saturated carbocycles. The smallest absolute Gasteiger partial charge is 0.254 e. The van der Waals surface area contributed by atoms with Crippen LogP contribution in [0, 0.1) is 12.8 Å². The fraction of sp³-hybridized carbons (Fsp3) is 0.318. The predicted octanol–water partition coefficient (Wildman–Crippen LogP) is 2.85. The lowest BCUT2D eigenvalue weighted by atomic mass is 10.1. The van der Waals surface area contributed by atoms with Gasteiger partial charge in [-0.25, -0.2) is 0 Å². The molecule has 6 nitrogen and oxygen atoms in total. The van der Waals surface area contributed by atoms with Crippen molar-refractivity contribution >= 4 is 23.4 Å². The summed E-state index contributed by atoms with van der Waals surface area (Å²) in [7, 11) is 0. The maximum atomic E-state index is 12.7. The monoisotopic (exact) mass is 381 g/mol. The van der Waals surface area contributed by atoms with Gasteiger partial charge < -0.3 is 15.5 Å². The zero-order chi connectivity index (χ0) is 20.5. The van der Waals surface area contributed by atoms with Crippen LogP contribution in [0.2, 0.25) is 0 Å². The van der Waals surface area contributed by atoms with Gasteiger partial charge in [-0.1, -0.05) is 44.2 Å². The van der Waals surface area contributed by atoms with E-state index in [4.69, 9.17) is 0 Å². The van der Waals surface area contributed by atoms with Gasteiger partial charge >= 0.3 is 0 Å². The summed E-state index contributed by atoms with van der Waals surface area (Å²) in [6.07, 6.45) is 0. The minimum absolute atomic E-state index is 0.0936. The Morgan fingerprint density at radius 1 is 0.964 bits per heavy atom. The molecule has 0 spiro atoms. The lowest BCUT2D eigenvalue weighted by Gasteiger charge is -2.24. The van der Waals surface area contributed by atoms with Crippen LogP contribution in [0.5, 0.6) is 0 Å². The van der Waals surface area contributed by atoms with E-state index >= 15 is 0 Å². The Balaban J connectivity index is 1.90. The molecule has 148 valence electrons. The summed E-state index contributed by atoms with van der Waals surface area (Å²) in [5.74, 6) is -0.674. The number of hydrogen-bond acceptors (Lipinski definition) is 3. The first-order valence-corrected chi connectivity index (χ1v) is 9.32. The van der Waals surface area contributed by atoms with E-state index in [1.165, 1.54) is 4.90 Å². The van der Waals surface area contributed by atoms with Crippen molar-refractivity contribution in [2.45, 2.75) is 20.8 Å². The molecule has 0 aliphatic heterocycles. The van der Waals surface area contributed by atoms with Crippen LogP contribution in [0.4, 0.5) is 5.69 Å². The molecule has 0 fully saturated rings. The summed E-state index contributed by atoms with van der Waals surface area (Å²) in [5, 5.41) is 5.32. The van der Waals surface area contributed by atoms with Crippen LogP contribution in [-0.2, 0) is 9.59 Å². The van der Waals surface area contributed by atoms with Gasteiger partial charge in [0.25, 0.3) is 5.91 Å². The fourth-order valence-electron chi connectivity index (χ4n) is 2.76. The molecule has 6 heteroatoms. The second-order valence-corrected chi connectivity index (χ2v) is 7.14. The highest BCUT2D eigenvalue weighted by Crippen LogP contribution is 2.09. The summed E-state index contributed by atoms with van der Waals surface area (Å²) >= 11 is 0. The van der Waals surface area contributed by atoms with Crippen molar-refractivity contribution < 1.29 is 14.4 Å². The van der Waals surface area contributed by atoms with E-state index < -0.39 is 0 Å². The minimum atomic E-state index is -0.371. The van der Waals surface area contributed by atoms with Crippen molar-refractivity contribution in [3.8, 4) is 0 Å². The fourth-order valence-corrected chi connectivity index (χ4v) is 2.76. The molecule has 28 heavy (non-hydrogen) atoms. The van der Waals surface area contributed by atoms with Crippen LogP contribution in [-0.4, -0.2) is 42.3 Å². The highest BCUT2D eigenvalue weighted by atomic mass is 16.2. The number of nitrogens with zero attached hydrogens (tertiary/aromatic N) is 1. The van der Waals surface area contributed by atoms with Crippen LogP contribution >= 0.6 is 0 Å². The molecule has 0 atom stereocenters. The molecule has 2 aromatic rings. The van der Waals surface area contributed by atoms with Crippen molar-refractivity contribution in [3.05, 3.63) is 65.7 Å². The van der Waals surface area contributed by atoms with Crippen LogP contribution in [0.15, 0.2) is 54.6 Å². The Bertz CT molecular complexity index is 819. The highest BCUT2D eigenvalue weighted by molar-refractivity contribution is 5.98. The molecule has 2 rings (SSSR count). The largest absolute Gasteiger partial charge is 0.345 e. The molecule has 0 heterocycles. The predicted molar refractivity (Wildman–Crippen MR) is 110 cm³/mol. The molecule has 0 aliphatic rings. The van der Waals surface area contributed by atoms with Crippen molar-refractivity contribution in [1.82, 2.24) is 10.2 Å². The third-order valence-electron chi connectivity index (χ3n) is 3.98. The summed E-state index contributed by atoms with van der Waals surface area (Å²) in [4.78, 5) is 38.5. The zero-order valence-electron chi connectivity index (χ0n) is 16.6. The lowest BCUT2D eigenvalue weighted by molar-refractivity contribution is -0.124. The molecule has 0 unspecified atom stereocenters. The number of carbonyl (C=O) groups is 3. The van der Waals surface area contributed by atoms with Gasteiger partial charge in [0.05, 0.1) is 13.1 Å². The quantitative estimate of drug-likeness (QED) is 0.738. The Hall–Kier alpha value is -3.15. The third kappa shape index (κ3) is 6.87. The number of nitrogens with one attached hydrogen (secondary N) is 2. The topological polar surface area (TPSA) is 78.5 Å². The molecule has 3 amide bonds. The zero-order valence-corrected chi connectivity index (χ0v) is 16.6. The first-order valence-electron chi connectivity index (χ1n) is 9.32. The van der Waals surface area contributed by atoms with E-state index in [-0.39, 0.29) is 36.7 Å². The van der Waals surface area contributed by atoms with Gasteiger partial charge in [0.2, 0.25) is 11.8 Å². The maximum absolute atomic E-state index is 12.7. The van der Waals surface area contributed by atoms with E-state index in [0.717, 1.165) is 5.56 Å². The summed E-state index contributed by atoms with van der Waals surface area (Å²) < 4.78 is 0. The number of benzene rings is 2. The summed E-state index contributed by atoms with van der Waals surface area (Å²) in [5.41, 5.74) is 2.25. The second-order valence-electron chi connectivity index (χ2n) is 7.14. The Labute approximate surface area is 165 Å². The van der Waals surface area contributed by atoms with Gasteiger partial charge in [-0.2, -0.15) is 0 Å². The van der Waals surface area contributed by atoms with Crippen LogP contribution in [0.3, 0.4) is 0 Å². The van der Waals surface area contributed by atoms with Crippen molar-refractivity contribution in [2.24, 2.45) is 5.92 Å². The van der Waals surface area contributed by atoms with Gasteiger partial charge in [-0.05, 0) is 42.7 Å². The number of amides is 3. The Morgan fingerprint density at radius 2 is 1.68 bits per heavy atom. The first kappa shape index (κ1) is 21.2. The molecule has 0 saturated heterocycles.